The van der Waals surface area contributed by atoms with Gasteiger partial charge in [0.05, 0.1) is 46.2 Å². The topological polar surface area (TPSA) is 101 Å². The van der Waals surface area contributed by atoms with Crippen LogP contribution in [0.5, 0.6) is 5.75 Å². The van der Waals surface area contributed by atoms with E-state index in [-0.39, 0.29) is 31.1 Å². The van der Waals surface area contributed by atoms with Gasteiger partial charge in [0.15, 0.2) is 0 Å². The predicted molar refractivity (Wildman–Crippen MR) is 87.6 cm³/mol. The van der Waals surface area contributed by atoms with Crippen LogP contribution in [0, 0.1) is 0 Å². The van der Waals surface area contributed by atoms with Crippen LogP contribution in [-0.4, -0.2) is 69.9 Å². The standard InChI is InChI=1S/C17H24O8/c1-14(19)25-16-5-3-2-4-15(16)17(20)24-13-12-23-11-10-22-9-8-21-7-6-18/h2-5,18H,6-13H2,1H3. The zero-order valence-electron chi connectivity index (χ0n) is 14.3. The van der Waals surface area contributed by atoms with E-state index in [1.807, 2.05) is 0 Å². The molecular weight excluding hydrogens is 332 g/mol. The van der Waals surface area contributed by atoms with Crippen molar-refractivity contribution in [2.24, 2.45) is 0 Å². The van der Waals surface area contributed by atoms with Gasteiger partial charge in [-0.1, -0.05) is 12.1 Å². The SMILES string of the molecule is CC(=O)Oc1ccccc1C(=O)OCCOCCOCCOCCO. The number of carbonyl (C=O) groups is 2. The quantitative estimate of drug-likeness (QED) is 0.315. The van der Waals surface area contributed by atoms with E-state index in [1.54, 1.807) is 12.1 Å². The Morgan fingerprint density at radius 3 is 2.04 bits per heavy atom. The molecule has 0 radical (unpaired) electrons. The predicted octanol–water partition coefficient (Wildman–Crippen LogP) is 0.811. The smallest absolute Gasteiger partial charge is 0.342 e. The molecule has 8 heteroatoms. The average molecular weight is 356 g/mol. The van der Waals surface area contributed by atoms with Gasteiger partial charge < -0.3 is 28.8 Å². The normalized spacial score (nSPS) is 10.5. The van der Waals surface area contributed by atoms with E-state index in [4.69, 9.17) is 28.8 Å². The van der Waals surface area contributed by atoms with E-state index >= 15 is 0 Å². The highest BCUT2D eigenvalue weighted by molar-refractivity contribution is 5.93. The molecule has 0 bridgehead atoms. The lowest BCUT2D eigenvalue weighted by Crippen LogP contribution is -2.15. The maximum Gasteiger partial charge on any atom is 0.342 e. The summed E-state index contributed by atoms with van der Waals surface area (Å²) in [7, 11) is 0. The summed E-state index contributed by atoms with van der Waals surface area (Å²) in [6.07, 6.45) is 0. The number of esters is 2. The van der Waals surface area contributed by atoms with E-state index < -0.39 is 11.9 Å². The Morgan fingerprint density at radius 1 is 0.880 bits per heavy atom. The van der Waals surface area contributed by atoms with Crippen LogP contribution in [0.4, 0.5) is 0 Å². The summed E-state index contributed by atoms with van der Waals surface area (Å²) in [4.78, 5) is 23.0. The summed E-state index contributed by atoms with van der Waals surface area (Å²) in [5, 5.41) is 8.51. The number of aliphatic hydroxyl groups is 1. The molecule has 1 N–H and O–H groups in total. The molecular formula is C17H24O8. The van der Waals surface area contributed by atoms with Crippen molar-refractivity contribution in [1.82, 2.24) is 0 Å². The number of hydrogen-bond acceptors (Lipinski definition) is 8. The number of rotatable bonds is 13. The molecule has 25 heavy (non-hydrogen) atoms. The molecule has 0 saturated heterocycles. The Labute approximate surface area is 146 Å². The molecule has 0 amide bonds. The van der Waals surface area contributed by atoms with Gasteiger partial charge in [0, 0.05) is 6.92 Å². The van der Waals surface area contributed by atoms with Gasteiger partial charge in [-0.05, 0) is 12.1 Å². The molecule has 140 valence electrons. The van der Waals surface area contributed by atoms with Gasteiger partial charge in [-0.3, -0.25) is 4.79 Å². The van der Waals surface area contributed by atoms with Gasteiger partial charge in [-0.2, -0.15) is 0 Å². The van der Waals surface area contributed by atoms with Gasteiger partial charge in [0.2, 0.25) is 0 Å². The van der Waals surface area contributed by atoms with Crippen LogP contribution in [0.15, 0.2) is 24.3 Å². The second-order valence-electron chi connectivity index (χ2n) is 4.79. The minimum atomic E-state index is -0.585. The molecule has 0 saturated carbocycles. The third kappa shape index (κ3) is 9.78. The molecule has 0 fully saturated rings. The number of hydrogen-bond donors (Lipinski definition) is 1. The van der Waals surface area contributed by atoms with Gasteiger partial charge in [0.25, 0.3) is 0 Å². The lowest BCUT2D eigenvalue weighted by atomic mass is 10.2. The highest BCUT2D eigenvalue weighted by atomic mass is 16.6. The summed E-state index contributed by atoms with van der Waals surface area (Å²) in [5.74, 6) is -0.930. The maximum atomic E-state index is 12.0. The van der Waals surface area contributed by atoms with Crippen molar-refractivity contribution in [2.75, 3.05) is 52.9 Å². The van der Waals surface area contributed by atoms with Crippen molar-refractivity contribution in [1.29, 1.82) is 0 Å². The number of ether oxygens (including phenoxy) is 5. The van der Waals surface area contributed by atoms with Gasteiger partial charge >= 0.3 is 11.9 Å². The first-order valence-corrected chi connectivity index (χ1v) is 7.93. The first-order chi connectivity index (χ1) is 12.1. The number of carbonyl (C=O) groups excluding carboxylic acids is 2. The van der Waals surface area contributed by atoms with Crippen molar-refractivity contribution in [3.63, 3.8) is 0 Å². The first kappa shape index (κ1) is 21.0. The fourth-order valence-electron chi connectivity index (χ4n) is 1.76. The lowest BCUT2D eigenvalue weighted by molar-refractivity contribution is -0.131. The molecule has 0 aliphatic heterocycles. The number of aliphatic hydroxyl groups excluding tert-OH is 1. The van der Waals surface area contributed by atoms with Crippen molar-refractivity contribution < 1.29 is 38.4 Å². The van der Waals surface area contributed by atoms with E-state index in [2.05, 4.69) is 0 Å². The van der Waals surface area contributed by atoms with Crippen LogP contribution in [0.3, 0.4) is 0 Å². The zero-order valence-corrected chi connectivity index (χ0v) is 14.3. The highest BCUT2D eigenvalue weighted by Crippen LogP contribution is 2.19. The highest BCUT2D eigenvalue weighted by Gasteiger charge is 2.14. The number of benzene rings is 1. The van der Waals surface area contributed by atoms with Gasteiger partial charge in [-0.15, -0.1) is 0 Å². The van der Waals surface area contributed by atoms with E-state index in [0.717, 1.165) is 0 Å². The van der Waals surface area contributed by atoms with Crippen molar-refractivity contribution in [3.8, 4) is 5.75 Å². The largest absolute Gasteiger partial charge is 0.460 e. The van der Waals surface area contributed by atoms with Crippen LogP contribution >= 0.6 is 0 Å². The van der Waals surface area contributed by atoms with Crippen molar-refractivity contribution >= 4 is 11.9 Å². The molecule has 8 nitrogen and oxygen atoms in total. The van der Waals surface area contributed by atoms with E-state index in [0.29, 0.717) is 33.0 Å². The third-order valence-electron chi connectivity index (χ3n) is 2.80. The molecule has 1 rings (SSSR count). The Morgan fingerprint density at radius 2 is 1.44 bits per heavy atom. The van der Waals surface area contributed by atoms with Gasteiger partial charge in [0.1, 0.15) is 17.9 Å². The summed E-state index contributed by atoms with van der Waals surface area (Å²) >= 11 is 0. The molecule has 0 heterocycles. The van der Waals surface area contributed by atoms with Crippen molar-refractivity contribution in [3.05, 3.63) is 29.8 Å². The monoisotopic (exact) mass is 356 g/mol. The Kier molecular flexibility index (Phi) is 11.2. The molecule has 1 aromatic rings. The summed E-state index contributed by atoms with van der Waals surface area (Å²) in [6, 6.07) is 6.36. The Hall–Kier alpha value is -2.00. The van der Waals surface area contributed by atoms with Crippen LogP contribution in [0.2, 0.25) is 0 Å². The fraction of sp³-hybridized carbons (Fsp3) is 0.529. The Balaban J connectivity index is 2.12. The van der Waals surface area contributed by atoms with E-state index in [1.165, 1.54) is 19.1 Å². The molecule has 0 atom stereocenters. The zero-order chi connectivity index (χ0) is 18.3. The van der Waals surface area contributed by atoms with E-state index in [9.17, 15) is 9.59 Å². The van der Waals surface area contributed by atoms with Crippen molar-refractivity contribution in [2.45, 2.75) is 6.92 Å². The van der Waals surface area contributed by atoms with Crippen LogP contribution in [0.1, 0.15) is 17.3 Å². The summed E-state index contributed by atoms with van der Waals surface area (Å²) in [6.45, 7) is 3.45. The molecule has 0 spiro atoms. The second kappa shape index (κ2) is 13.3. The molecule has 0 aliphatic carbocycles. The molecule has 0 unspecified atom stereocenters. The first-order valence-electron chi connectivity index (χ1n) is 7.93. The Bertz CT molecular complexity index is 517. The van der Waals surface area contributed by atoms with Crippen LogP contribution in [-0.2, 0) is 23.7 Å². The summed E-state index contributed by atoms with van der Waals surface area (Å²) in [5.41, 5.74) is 0.184. The molecule has 1 aromatic carbocycles. The minimum absolute atomic E-state index is 0.00676. The molecule has 0 aliphatic rings. The molecule has 0 aromatic heterocycles. The maximum absolute atomic E-state index is 12.0. The van der Waals surface area contributed by atoms with Gasteiger partial charge in [-0.25, -0.2) is 4.79 Å². The number of para-hydroxylation sites is 1. The minimum Gasteiger partial charge on any atom is -0.460 e. The second-order valence-corrected chi connectivity index (χ2v) is 4.79. The fourth-order valence-corrected chi connectivity index (χ4v) is 1.76. The van der Waals surface area contributed by atoms with Crippen LogP contribution < -0.4 is 4.74 Å². The summed E-state index contributed by atoms with van der Waals surface area (Å²) < 4.78 is 25.6. The third-order valence-corrected chi connectivity index (χ3v) is 2.80. The average Bonchev–Trinajstić information content (AvgIpc) is 2.59. The van der Waals surface area contributed by atoms with Crippen LogP contribution in [0.25, 0.3) is 0 Å². The lowest BCUT2D eigenvalue weighted by Gasteiger charge is -2.09.